The number of nitrogens with two attached hydrogens (primary N) is 1. The van der Waals surface area contributed by atoms with Crippen LogP contribution in [0.3, 0.4) is 0 Å². The van der Waals surface area contributed by atoms with Crippen LogP contribution < -0.4 is 5.73 Å². The Bertz CT molecular complexity index is 288. The molecule has 2 aliphatic carbocycles. The van der Waals surface area contributed by atoms with Crippen LogP contribution >= 0.6 is 0 Å². The van der Waals surface area contributed by atoms with Crippen LogP contribution in [-0.2, 0) is 0 Å². The summed E-state index contributed by atoms with van der Waals surface area (Å²) < 4.78 is 0. The van der Waals surface area contributed by atoms with Crippen molar-refractivity contribution in [3.8, 4) is 0 Å². The zero-order valence-electron chi connectivity index (χ0n) is 12.8. The Balaban J connectivity index is 1.90. The summed E-state index contributed by atoms with van der Waals surface area (Å²) in [7, 11) is 2.16. The van der Waals surface area contributed by atoms with Crippen molar-refractivity contribution in [1.82, 2.24) is 4.90 Å². The van der Waals surface area contributed by atoms with E-state index in [1.165, 1.54) is 38.5 Å². The molecule has 112 valence electrons. The minimum atomic E-state index is -0.426. The van der Waals surface area contributed by atoms with Gasteiger partial charge in [-0.1, -0.05) is 32.6 Å². The predicted octanol–water partition coefficient (Wildman–Crippen LogP) is 2.38. The van der Waals surface area contributed by atoms with Gasteiger partial charge < -0.3 is 15.7 Å². The zero-order valence-corrected chi connectivity index (χ0v) is 12.8. The molecule has 0 aromatic rings. The molecule has 0 aromatic carbocycles. The highest BCUT2D eigenvalue weighted by Crippen LogP contribution is 2.39. The molecule has 3 nitrogen and oxygen atoms in total. The average molecular weight is 268 g/mol. The van der Waals surface area contributed by atoms with Gasteiger partial charge in [0.2, 0.25) is 0 Å². The van der Waals surface area contributed by atoms with Gasteiger partial charge in [-0.05, 0) is 50.6 Å². The van der Waals surface area contributed by atoms with Crippen LogP contribution in [0.5, 0.6) is 0 Å². The second-order valence-corrected chi connectivity index (χ2v) is 7.51. The van der Waals surface area contributed by atoms with Crippen molar-refractivity contribution in [1.29, 1.82) is 0 Å². The summed E-state index contributed by atoms with van der Waals surface area (Å²) in [5.74, 6) is 0.806. The number of hydrogen-bond acceptors (Lipinski definition) is 3. The van der Waals surface area contributed by atoms with Crippen LogP contribution in [0.4, 0.5) is 0 Å². The van der Waals surface area contributed by atoms with E-state index in [1.54, 1.807) is 0 Å². The molecule has 0 amide bonds. The van der Waals surface area contributed by atoms with Crippen molar-refractivity contribution in [2.45, 2.75) is 63.9 Å². The smallest absolute Gasteiger partial charge is 0.0774 e. The fourth-order valence-corrected chi connectivity index (χ4v) is 4.48. The molecule has 0 radical (unpaired) electrons. The molecule has 2 atom stereocenters. The molecule has 2 unspecified atom stereocenters. The molecule has 0 saturated heterocycles. The van der Waals surface area contributed by atoms with Crippen LogP contribution in [0.25, 0.3) is 0 Å². The Hall–Kier alpha value is -0.120. The summed E-state index contributed by atoms with van der Waals surface area (Å²) in [4.78, 5) is 2.34. The summed E-state index contributed by atoms with van der Waals surface area (Å²) in [6.45, 7) is 5.02. The molecule has 2 rings (SSSR count). The highest BCUT2D eigenvalue weighted by molar-refractivity contribution is 4.92. The van der Waals surface area contributed by atoms with E-state index in [2.05, 4.69) is 18.9 Å². The van der Waals surface area contributed by atoms with Gasteiger partial charge in [0.25, 0.3) is 0 Å². The highest BCUT2D eigenvalue weighted by Gasteiger charge is 2.37. The average Bonchev–Trinajstić information content (AvgIpc) is 2.75. The predicted molar refractivity (Wildman–Crippen MR) is 80.0 cm³/mol. The normalized spacial score (nSPS) is 34.9. The Morgan fingerprint density at radius 1 is 1.16 bits per heavy atom. The van der Waals surface area contributed by atoms with E-state index in [4.69, 9.17) is 5.73 Å². The molecule has 0 aliphatic heterocycles. The second kappa shape index (κ2) is 6.11. The fourth-order valence-electron chi connectivity index (χ4n) is 4.48. The first-order valence-electron chi connectivity index (χ1n) is 8.08. The van der Waals surface area contributed by atoms with Crippen molar-refractivity contribution >= 4 is 0 Å². The number of nitrogens with zero attached hydrogens (tertiary/aromatic N) is 1. The topological polar surface area (TPSA) is 49.5 Å². The summed E-state index contributed by atoms with van der Waals surface area (Å²) in [5, 5.41) is 10.5. The number of likely N-dealkylation sites (N-methyl/N-ethyl adjacent to an activating group) is 1. The lowest BCUT2D eigenvalue weighted by Crippen LogP contribution is -2.48. The molecule has 0 bridgehead atoms. The summed E-state index contributed by atoms with van der Waals surface area (Å²) in [5.41, 5.74) is 5.97. The van der Waals surface area contributed by atoms with Gasteiger partial charge in [0.15, 0.2) is 0 Å². The van der Waals surface area contributed by atoms with E-state index in [0.717, 1.165) is 38.4 Å². The maximum Gasteiger partial charge on any atom is 0.0774 e. The molecule has 2 saturated carbocycles. The van der Waals surface area contributed by atoms with Crippen molar-refractivity contribution in [3.63, 3.8) is 0 Å². The third-order valence-corrected chi connectivity index (χ3v) is 5.32. The Labute approximate surface area is 118 Å². The molecule has 2 aliphatic rings. The number of hydrogen-bond donors (Lipinski definition) is 2. The van der Waals surface area contributed by atoms with Crippen molar-refractivity contribution < 1.29 is 5.11 Å². The Morgan fingerprint density at radius 2 is 1.84 bits per heavy atom. The van der Waals surface area contributed by atoms with Crippen molar-refractivity contribution in [2.75, 3.05) is 26.7 Å². The lowest BCUT2D eigenvalue weighted by molar-refractivity contribution is -0.00103. The molecule has 0 heterocycles. The third kappa shape index (κ3) is 3.93. The molecule has 2 fully saturated rings. The van der Waals surface area contributed by atoms with Gasteiger partial charge in [0, 0.05) is 13.1 Å². The molecular formula is C16H32N2O. The lowest BCUT2D eigenvalue weighted by atomic mass is 9.69. The van der Waals surface area contributed by atoms with Crippen molar-refractivity contribution in [3.05, 3.63) is 0 Å². The zero-order chi connectivity index (χ0) is 13.9. The summed E-state index contributed by atoms with van der Waals surface area (Å²) >= 11 is 0. The van der Waals surface area contributed by atoms with Gasteiger partial charge in [0.1, 0.15) is 0 Å². The van der Waals surface area contributed by atoms with Gasteiger partial charge in [-0.25, -0.2) is 0 Å². The third-order valence-electron chi connectivity index (χ3n) is 5.32. The van der Waals surface area contributed by atoms with Gasteiger partial charge in [-0.15, -0.1) is 0 Å². The second-order valence-electron chi connectivity index (χ2n) is 7.51. The number of rotatable bonds is 5. The van der Waals surface area contributed by atoms with E-state index in [9.17, 15) is 5.11 Å². The Morgan fingerprint density at radius 3 is 2.42 bits per heavy atom. The van der Waals surface area contributed by atoms with E-state index in [-0.39, 0.29) is 0 Å². The molecular weight excluding hydrogens is 236 g/mol. The maximum atomic E-state index is 10.5. The van der Waals surface area contributed by atoms with Gasteiger partial charge in [-0.2, -0.15) is 0 Å². The monoisotopic (exact) mass is 268 g/mol. The van der Waals surface area contributed by atoms with Crippen molar-refractivity contribution in [2.24, 2.45) is 17.1 Å². The fraction of sp³-hybridized carbons (Fsp3) is 1.00. The molecule has 0 aromatic heterocycles. The van der Waals surface area contributed by atoms with E-state index >= 15 is 0 Å². The van der Waals surface area contributed by atoms with Gasteiger partial charge in [-0.3, -0.25) is 0 Å². The highest BCUT2D eigenvalue weighted by atomic mass is 16.3. The first-order chi connectivity index (χ1) is 8.97. The van der Waals surface area contributed by atoms with Crippen LogP contribution in [-0.4, -0.2) is 42.3 Å². The molecule has 19 heavy (non-hydrogen) atoms. The summed E-state index contributed by atoms with van der Waals surface area (Å²) in [6, 6.07) is 0. The van der Waals surface area contributed by atoms with Crippen LogP contribution in [0, 0.1) is 11.3 Å². The van der Waals surface area contributed by atoms with Gasteiger partial charge >= 0.3 is 0 Å². The summed E-state index contributed by atoms with van der Waals surface area (Å²) in [6.07, 6.45) is 9.51. The molecule has 0 spiro atoms. The number of aliphatic hydroxyl groups is 1. The minimum absolute atomic E-state index is 0.293. The maximum absolute atomic E-state index is 10.5. The lowest BCUT2D eigenvalue weighted by Gasteiger charge is -2.43. The van der Waals surface area contributed by atoms with Gasteiger partial charge in [0.05, 0.1) is 5.60 Å². The largest absolute Gasteiger partial charge is 0.389 e. The van der Waals surface area contributed by atoms with Crippen LogP contribution in [0.15, 0.2) is 0 Å². The van der Waals surface area contributed by atoms with E-state index in [0.29, 0.717) is 5.41 Å². The SMILES string of the molecule is CC1CCCC(CN)(CN(C)CC2(O)CCCC2)C1. The first kappa shape index (κ1) is 15.3. The first-order valence-corrected chi connectivity index (χ1v) is 8.08. The molecule has 3 N–H and O–H groups in total. The molecule has 3 heteroatoms. The van der Waals surface area contributed by atoms with Crippen LogP contribution in [0.1, 0.15) is 58.3 Å². The van der Waals surface area contributed by atoms with E-state index < -0.39 is 5.60 Å². The minimum Gasteiger partial charge on any atom is -0.389 e. The Kier molecular flexibility index (Phi) is 4.91. The van der Waals surface area contributed by atoms with E-state index in [1.807, 2.05) is 0 Å². The standard InChI is InChI=1S/C16H32N2O/c1-14-6-5-7-15(10-14,11-17)12-18(2)13-16(19)8-3-4-9-16/h14,19H,3-13,17H2,1-2H3. The van der Waals surface area contributed by atoms with Crippen LogP contribution in [0.2, 0.25) is 0 Å². The quantitative estimate of drug-likeness (QED) is 0.805.